The van der Waals surface area contributed by atoms with Crippen molar-refractivity contribution >= 4 is 29.4 Å². The van der Waals surface area contributed by atoms with Gasteiger partial charge < -0.3 is 15.5 Å². The van der Waals surface area contributed by atoms with Crippen molar-refractivity contribution in [3.63, 3.8) is 0 Å². The van der Waals surface area contributed by atoms with Gasteiger partial charge in [-0.05, 0) is 11.6 Å². The summed E-state index contributed by atoms with van der Waals surface area (Å²) in [6, 6.07) is 6.96. The standard InChI is InChI=1S/C13H15ClN2O5/c14-10-4-2-1-3-9(10)5-15-11(17)6-16(7-12(18)19)8-13(20)21/h1-4H,5-8H2,(H,15,17)(H,18,19)(H,20,21). The monoisotopic (exact) mass is 314 g/mol. The Labute approximate surface area is 126 Å². The normalized spacial score (nSPS) is 10.4. The first-order valence-corrected chi connectivity index (χ1v) is 6.42. The molecule has 114 valence electrons. The van der Waals surface area contributed by atoms with Gasteiger partial charge in [-0.2, -0.15) is 0 Å². The number of rotatable bonds is 8. The number of amides is 1. The van der Waals surface area contributed by atoms with E-state index >= 15 is 0 Å². The highest BCUT2D eigenvalue weighted by atomic mass is 35.5. The van der Waals surface area contributed by atoms with Crippen molar-refractivity contribution in [3.05, 3.63) is 34.9 Å². The fourth-order valence-electron chi connectivity index (χ4n) is 1.64. The minimum atomic E-state index is -1.20. The van der Waals surface area contributed by atoms with Gasteiger partial charge >= 0.3 is 11.9 Å². The molecule has 1 aromatic rings. The van der Waals surface area contributed by atoms with E-state index < -0.39 is 30.9 Å². The molecule has 0 saturated heterocycles. The average Bonchev–Trinajstić information content (AvgIpc) is 2.36. The molecule has 0 atom stereocenters. The first-order valence-electron chi connectivity index (χ1n) is 6.04. The van der Waals surface area contributed by atoms with Crippen LogP contribution in [0, 0.1) is 0 Å². The number of carbonyl (C=O) groups excluding carboxylic acids is 1. The van der Waals surface area contributed by atoms with E-state index in [-0.39, 0.29) is 13.1 Å². The zero-order chi connectivity index (χ0) is 15.8. The molecule has 0 aliphatic rings. The van der Waals surface area contributed by atoms with Crippen molar-refractivity contribution in [2.24, 2.45) is 0 Å². The predicted molar refractivity (Wildman–Crippen MR) is 75.0 cm³/mol. The van der Waals surface area contributed by atoms with Crippen molar-refractivity contribution in [1.82, 2.24) is 10.2 Å². The maximum atomic E-state index is 11.7. The van der Waals surface area contributed by atoms with Gasteiger partial charge in [-0.1, -0.05) is 29.8 Å². The highest BCUT2D eigenvalue weighted by molar-refractivity contribution is 6.31. The van der Waals surface area contributed by atoms with Gasteiger partial charge in [0.2, 0.25) is 5.91 Å². The van der Waals surface area contributed by atoms with Crippen LogP contribution in [0.1, 0.15) is 5.56 Å². The lowest BCUT2D eigenvalue weighted by atomic mass is 10.2. The fraction of sp³-hybridized carbons (Fsp3) is 0.308. The molecular weight excluding hydrogens is 300 g/mol. The van der Waals surface area contributed by atoms with E-state index in [0.717, 1.165) is 10.5 Å². The molecule has 0 aromatic heterocycles. The van der Waals surface area contributed by atoms with Crippen LogP contribution in [-0.4, -0.2) is 52.6 Å². The number of nitrogens with one attached hydrogen (secondary N) is 1. The van der Waals surface area contributed by atoms with Gasteiger partial charge in [0.1, 0.15) is 0 Å². The van der Waals surface area contributed by atoms with Crippen LogP contribution in [0.25, 0.3) is 0 Å². The number of carbonyl (C=O) groups is 3. The van der Waals surface area contributed by atoms with Crippen molar-refractivity contribution in [2.75, 3.05) is 19.6 Å². The van der Waals surface area contributed by atoms with E-state index in [1.165, 1.54) is 0 Å². The van der Waals surface area contributed by atoms with Gasteiger partial charge in [0.15, 0.2) is 0 Å². The molecule has 0 unspecified atom stereocenters. The fourth-order valence-corrected chi connectivity index (χ4v) is 1.85. The van der Waals surface area contributed by atoms with Crippen molar-refractivity contribution < 1.29 is 24.6 Å². The van der Waals surface area contributed by atoms with Gasteiger partial charge in [-0.15, -0.1) is 0 Å². The van der Waals surface area contributed by atoms with Gasteiger partial charge in [0.25, 0.3) is 0 Å². The van der Waals surface area contributed by atoms with Crippen LogP contribution in [0.4, 0.5) is 0 Å². The van der Waals surface area contributed by atoms with E-state index in [1.54, 1.807) is 24.3 Å². The Balaban J connectivity index is 2.51. The molecule has 8 heteroatoms. The Morgan fingerprint density at radius 2 is 1.62 bits per heavy atom. The Morgan fingerprint density at radius 3 is 2.14 bits per heavy atom. The number of nitrogens with zero attached hydrogens (tertiary/aromatic N) is 1. The average molecular weight is 315 g/mol. The van der Waals surface area contributed by atoms with E-state index in [9.17, 15) is 14.4 Å². The molecule has 0 bridgehead atoms. The number of benzene rings is 1. The second-order valence-electron chi connectivity index (χ2n) is 4.30. The molecule has 3 N–H and O–H groups in total. The molecule has 0 heterocycles. The van der Waals surface area contributed by atoms with E-state index in [1.807, 2.05) is 0 Å². The van der Waals surface area contributed by atoms with Crippen LogP contribution in [0.15, 0.2) is 24.3 Å². The lowest BCUT2D eigenvalue weighted by molar-refractivity contribution is -0.142. The van der Waals surface area contributed by atoms with Gasteiger partial charge in [-0.3, -0.25) is 19.3 Å². The summed E-state index contributed by atoms with van der Waals surface area (Å²) in [4.78, 5) is 34.0. The van der Waals surface area contributed by atoms with E-state index in [4.69, 9.17) is 21.8 Å². The van der Waals surface area contributed by atoms with Gasteiger partial charge in [0.05, 0.1) is 19.6 Å². The van der Waals surface area contributed by atoms with E-state index in [0.29, 0.717) is 5.02 Å². The van der Waals surface area contributed by atoms with Crippen LogP contribution in [0.5, 0.6) is 0 Å². The third-order valence-corrected chi connectivity index (χ3v) is 2.89. The Hall–Kier alpha value is -2.12. The molecule has 21 heavy (non-hydrogen) atoms. The molecular formula is C13H15ClN2O5. The summed E-state index contributed by atoms with van der Waals surface area (Å²) in [6.07, 6.45) is 0. The predicted octanol–water partition coefficient (Wildman–Crippen LogP) is 0.427. The summed E-state index contributed by atoms with van der Waals surface area (Å²) in [7, 11) is 0. The molecule has 0 saturated carbocycles. The number of carboxylic acid groups (broad SMARTS) is 2. The van der Waals surface area contributed by atoms with Gasteiger partial charge in [0, 0.05) is 11.6 Å². The zero-order valence-corrected chi connectivity index (χ0v) is 11.8. The summed E-state index contributed by atoms with van der Waals surface area (Å²) < 4.78 is 0. The van der Waals surface area contributed by atoms with Crippen LogP contribution in [-0.2, 0) is 20.9 Å². The summed E-state index contributed by atoms with van der Waals surface area (Å²) in [6.45, 7) is -1.17. The number of hydrogen-bond acceptors (Lipinski definition) is 4. The van der Waals surface area contributed by atoms with Crippen molar-refractivity contribution in [1.29, 1.82) is 0 Å². The van der Waals surface area contributed by atoms with Crippen LogP contribution in [0.3, 0.4) is 0 Å². The third-order valence-electron chi connectivity index (χ3n) is 2.52. The van der Waals surface area contributed by atoms with Crippen LogP contribution in [0.2, 0.25) is 5.02 Å². The van der Waals surface area contributed by atoms with Crippen LogP contribution >= 0.6 is 11.6 Å². The summed E-state index contributed by atoms with van der Waals surface area (Å²) in [5.74, 6) is -2.87. The maximum absolute atomic E-state index is 11.7. The van der Waals surface area contributed by atoms with Crippen LogP contribution < -0.4 is 5.32 Å². The molecule has 1 aromatic carbocycles. The zero-order valence-electron chi connectivity index (χ0n) is 11.1. The van der Waals surface area contributed by atoms with E-state index in [2.05, 4.69) is 5.32 Å². The molecule has 0 aliphatic carbocycles. The summed E-state index contributed by atoms with van der Waals surface area (Å²) in [5.41, 5.74) is 0.718. The number of aliphatic carboxylic acids is 2. The summed E-state index contributed by atoms with van der Waals surface area (Å²) in [5, 5.41) is 20.4. The Kier molecular flexibility index (Phi) is 6.64. The molecule has 1 amide bonds. The Bertz CT molecular complexity index is 519. The minimum Gasteiger partial charge on any atom is -0.480 e. The second kappa shape index (κ2) is 8.23. The lowest BCUT2D eigenvalue weighted by Crippen LogP contribution is -2.42. The SMILES string of the molecule is O=C(O)CN(CC(=O)O)CC(=O)NCc1ccccc1Cl. The summed E-state index contributed by atoms with van der Waals surface area (Å²) >= 11 is 5.93. The smallest absolute Gasteiger partial charge is 0.317 e. The minimum absolute atomic E-state index is 0.187. The first kappa shape index (κ1) is 16.9. The van der Waals surface area contributed by atoms with Crippen molar-refractivity contribution in [2.45, 2.75) is 6.54 Å². The molecule has 0 aliphatic heterocycles. The second-order valence-corrected chi connectivity index (χ2v) is 4.71. The Morgan fingerprint density at radius 1 is 1.05 bits per heavy atom. The number of carboxylic acids is 2. The highest BCUT2D eigenvalue weighted by Crippen LogP contribution is 2.14. The molecule has 0 spiro atoms. The lowest BCUT2D eigenvalue weighted by Gasteiger charge is -2.17. The molecule has 0 radical (unpaired) electrons. The first-order chi connectivity index (χ1) is 9.88. The number of hydrogen-bond donors (Lipinski definition) is 3. The topological polar surface area (TPSA) is 107 Å². The quantitative estimate of drug-likeness (QED) is 0.642. The van der Waals surface area contributed by atoms with Crippen molar-refractivity contribution in [3.8, 4) is 0 Å². The highest BCUT2D eigenvalue weighted by Gasteiger charge is 2.16. The number of halogens is 1. The third kappa shape index (κ3) is 6.73. The molecule has 1 rings (SSSR count). The largest absolute Gasteiger partial charge is 0.480 e. The molecule has 7 nitrogen and oxygen atoms in total. The molecule has 0 fully saturated rings. The maximum Gasteiger partial charge on any atom is 0.317 e. The van der Waals surface area contributed by atoms with Gasteiger partial charge in [-0.25, -0.2) is 0 Å².